The van der Waals surface area contributed by atoms with E-state index >= 15 is 0 Å². The number of hydrogen-bond acceptors (Lipinski definition) is 6. The third kappa shape index (κ3) is 4.20. The number of alkyl halides is 2. The fourth-order valence-corrected chi connectivity index (χ4v) is 3.79. The quantitative estimate of drug-likeness (QED) is 0.574. The first-order valence-corrected chi connectivity index (χ1v) is 10.1. The summed E-state index contributed by atoms with van der Waals surface area (Å²) in [7, 11) is 0. The van der Waals surface area contributed by atoms with Crippen LogP contribution in [0.5, 0.6) is 0 Å². The summed E-state index contributed by atoms with van der Waals surface area (Å²) in [5.74, 6) is -0.137. The van der Waals surface area contributed by atoms with Gasteiger partial charge >= 0.3 is 0 Å². The summed E-state index contributed by atoms with van der Waals surface area (Å²) >= 11 is 0. The van der Waals surface area contributed by atoms with Crippen molar-refractivity contribution in [3.63, 3.8) is 0 Å². The van der Waals surface area contributed by atoms with E-state index in [0.29, 0.717) is 41.5 Å². The minimum Gasteiger partial charge on any atom is -0.365 e. The molecule has 1 aliphatic heterocycles. The van der Waals surface area contributed by atoms with Crippen LogP contribution in [0.25, 0.3) is 11.0 Å². The van der Waals surface area contributed by atoms with Gasteiger partial charge in [0.2, 0.25) is 0 Å². The summed E-state index contributed by atoms with van der Waals surface area (Å²) in [5, 5.41) is 6.92. The average molecular weight is 432 g/mol. The summed E-state index contributed by atoms with van der Waals surface area (Å²) in [6, 6.07) is 5.01. The third-order valence-corrected chi connectivity index (χ3v) is 5.37. The lowest BCUT2D eigenvalue weighted by Crippen LogP contribution is -2.45. The number of H-pyrrole nitrogens is 1. The molecule has 0 amide bonds. The molecule has 1 atom stereocenters. The Bertz CT molecular complexity index is 1160. The highest BCUT2D eigenvalue weighted by molar-refractivity contribution is 5.89. The number of fused-ring (bicyclic) bond motifs is 1. The van der Waals surface area contributed by atoms with E-state index in [0.717, 1.165) is 19.2 Å². The number of piperazine rings is 1. The molecule has 1 fully saturated rings. The molecule has 3 N–H and O–H groups in total. The van der Waals surface area contributed by atoms with Crippen molar-refractivity contribution in [2.45, 2.75) is 26.3 Å². The van der Waals surface area contributed by atoms with E-state index in [1.165, 1.54) is 12.1 Å². The smallest absolute Gasteiger partial charge is 0.273 e. The number of aromatic nitrogens is 3. The van der Waals surface area contributed by atoms with Crippen LogP contribution in [-0.2, 0) is 0 Å². The van der Waals surface area contributed by atoms with Crippen molar-refractivity contribution >= 4 is 22.5 Å². The van der Waals surface area contributed by atoms with E-state index in [1.807, 2.05) is 4.90 Å². The molecule has 3 aromatic rings. The van der Waals surface area contributed by atoms with Crippen LogP contribution in [0.15, 0.2) is 29.1 Å². The summed E-state index contributed by atoms with van der Waals surface area (Å²) in [5.41, 5.74) is 0.0762. The van der Waals surface area contributed by atoms with Crippen LogP contribution in [-0.4, -0.2) is 41.1 Å². The molecule has 10 heteroatoms. The minimum atomic E-state index is -2.90. The Balaban J connectivity index is 1.75. The third-order valence-electron chi connectivity index (χ3n) is 5.37. The van der Waals surface area contributed by atoms with Gasteiger partial charge in [-0.3, -0.25) is 4.79 Å². The van der Waals surface area contributed by atoms with Crippen LogP contribution in [0.4, 0.5) is 24.7 Å². The molecule has 164 valence electrons. The van der Waals surface area contributed by atoms with Crippen LogP contribution in [0.3, 0.4) is 0 Å². The monoisotopic (exact) mass is 432 g/mol. The van der Waals surface area contributed by atoms with Gasteiger partial charge < -0.3 is 20.5 Å². The van der Waals surface area contributed by atoms with Crippen molar-refractivity contribution in [3.8, 4) is 0 Å². The second-order valence-electron chi connectivity index (χ2n) is 7.52. The van der Waals surface area contributed by atoms with E-state index in [4.69, 9.17) is 0 Å². The first kappa shape index (κ1) is 21.1. The summed E-state index contributed by atoms with van der Waals surface area (Å²) in [4.78, 5) is 26.1. The highest BCUT2D eigenvalue weighted by Crippen LogP contribution is 2.30. The molecule has 0 radical (unpaired) electrons. The topological polar surface area (TPSA) is 85.9 Å². The van der Waals surface area contributed by atoms with Crippen molar-refractivity contribution in [1.29, 1.82) is 0 Å². The largest absolute Gasteiger partial charge is 0.365 e. The Hall–Kier alpha value is -3.14. The Labute approximate surface area is 176 Å². The zero-order valence-electron chi connectivity index (χ0n) is 17.2. The van der Waals surface area contributed by atoms with Crippen molar-refractivity contribution in [2.75, 3.05) is 36.4 Å². The first-order chi connectivity index (χ1) is 14.8. The number of anilines is 2. The van der Waals surface area contributed by atoms with Crippen molar-refractivity contribution in [3.05, 3.63) is 57.4 Å². The standard InChI is InChI=1S/C21H23F3N6O/c1-11(13-4-3-5-14(17(13)22)18(23)24)26-19-15-10-16(30-8-6-25-7-9-30)21(31)29-20(15)28-12(2)27-19/h3-5,10-11,18,25H,6-9H2,1-2H3,(H2,26,27,28,29,31)/t11-/m1/s1. The Morgan fingerprint density at radius 1 is 1.16 bits per heavy atom. The van der Waals surface area contributed by atoms with E-state index in [2.05, 4.69) is 25.6 Å². The second-order valence-corrected chi connectivity index (χ2v) is 7.52. The molecule has 1 aliphatic rings. The highest BCUT2D eigenvalue weighted by Gasteiger charge is 2.21. The van der Waals surface area contributed by atoms with Gasteiger partial charge in [0, 0.05) is 31.7 Å². The van der Waals surface area contributed by atoms with Crippen LogP contribution in [0.1, 0.15) is 36.3 Å². The number of hydrogen-bond donors (Lipinski definition) is 3. The van der Waals surface area contributed by atoms with Gasteiger partial charge in [-0.2, -0.15) is 0 Å². The Kier molecular flexibility index (Phi) is 5.81. The predicted octanol–water partition coefficient (Wildman–Crippen LogP) is 3.29. The van der Waals surface area contributed by atoms with Crippen molar-refractivity contribution in [1.82, 2.24) is 20.3 Å². The maximum absolute atomic E-state index is 14.6. The predicted molar refractivity (Wildman–Crippen MR) is 113 cm³/mol. The first-order valence-electron chi connectivity index (χ1n) is 10.1. The molecular weight excluding hydrogens is 409 g/mol. The molecule has 31 heavy (non-hydrogen) atoms. The van der Waals surface area contributed by atoms with Gasteiger partial charge in [-0.05, 0) is 19.9 Å². The van der Waals surface area contributed by atoms with Gasteiger partial charge in [-0.15, -0.1) is 0 Å². The number of nitrogens with zero attached hydrogens (tertiary/aromatic N) is 3. The zero-order valence-corrected chi connectivity index (χ0v) is 17.2. The average Bonchev–Trinajstić information content (AvgIpc) is 2.73. The molecule has 4 rings (SSSR count). The highest BCUT2D eigenvalue weighted by atomic mass is 19.3. The lowest BCUT2D eigenvalue weighted by atomic mass is 10.0. The molecule has 0 saturated carbocycles. The molecule has 2 aromatic heterocycles. The number of halogens is 3. The van der Waals surface area contributed by atoms with Crippen LogP contribution < -0.4 is 21.1 Å². The van der Waals surface area contributed by atoms with E-state index in [-0.39, 0.29) is 11.1 Å². The molecule has 0 spiro atoms. The van der Waals surface area contributed by atoms with Crippen LogP contribution in [0, 0.1) is 12.7 Å². The Morgan fingerprint density at radius 3 is 2.58 bits per heavy atom. The van der Waals surface area contributed by atoms with Gasteiger partial charge in [0.15, 0.2) is 0 Å². The van der Waals surface area contributed by atoms with Gasteiger partial charge in [0.1, 0.15) is 28.8 Å². The number of nitrogens with one attached hydrogen (secondary N) is 3. The van der Waals surface area contributed by atoms with Crippen molar-refractivity contribution < 1.29 is 13.2 Å². The van der Waals surface area contributed by atoms with E-state index in [9.17, 15) is 18.0 Å². The molecule has 0 aliphatic carbocycles. The normalized spacial score (nSPS) is 15.5. The van der Waals surface area contributed by atoms with Gasteiger partial charge in [-0.25, -0.2) is 23.1 Å². The van der Waals surface area contributed by atoms with E-state index < -0.39 is 23.8 Å². The minimum absolute atomic E-state index is 0.106. The molecule has 3 heterocycles. The summed E-state index contributed by atoms with van der Waals surface area (Å²) in [6.07, 6.45) is -2.90. The SMILES string of the molecule is Cc1nc(N[C@H](C)c2cccc(C(F)F)c2F)c2cc(N3CCNCC3)c(=O)[nH]c2n1. The van der Waals surface area contributed by atoms with Gasteiger partial charge in [-0.1, -0.05) is 18.2 Å². The van der Waals surface area contributed by atoms with E-state index in [1.54, 1.807) is 19.9 Å². The number of rotatable bonds is 5. The number of aryl methyl sites for hydroxylation is 1. The Morgan fingerprint density at radius 2 is 1.87 bits per heavy atom. The number of aromatic amines is 1. The lowest BCUT2D eigenvalue weighted by Gasteiger charge is -2.28. The maximum atomic E-state index is 14.6. The fraction of sp³-hybridized carbons (Fsp3) is 0.381. The van der Waals surface area contributed by atoms with Crippen LogP contribution >= 0.6 is 0 Å². The maximum Gasteiger partial charge on any atom is 0.273 e. The summed E-state index contributed by atoms with van der Waals surface area (Å²) < 4.78 is 40.8. The molecule has 1 saturated heterocycles. The van der Waals surface area contributed by atoms with Gasteiger partial charge in [0.25, 0.3) is 12.0 Å². The van der Waals surface area contributed by atoms with Crippen LogP contribution in [0.2, 0.25) is 0 Å². The molecule has 0 bridgehead atoms. The molecule has 1 aromatic carbocycles. The fourth-order valence-electron chi connectivity index (χ4n) is 3.79. The number of benzene rings is 1. The summed E-state index contributed by atoms with van der Waals surface area (Å²) in [6.45, 7) is 6.25. The molecule has 7 nitrogen and oxygen atoms in total. The lowest BCUT2D eigenvalue weighted by molar-refractivity contribution is 0.146. The molecular formula is C21H23F3N6O. The van der Waals surface area contributed by atoms with Gasteiger partial charge in [0.05, 0.1) is 17.0 Å². The zero-order chi connectivity index (χ0) is 22.1. The van der Waals surface area contributed by atoms with Crippen molar-refractivity contribution in [2.24, 2.45) is 0 Å². The number of pyridine rings is 1. The molecule has 0 unspecified atom stereocenters. The second kappa shape index (κ2) is 8.54.